The van der Waals surface area contributed by atoms with Gasteiger partial charge in [0, 0.05) is 5.69 Å². The molecule has 0 radical (unpaired) electrons. The molecule has 1 aliphatic rings. The van der Waals surface area contributed by atoms with Crippen molar-refractivity contribution in [2.75, 3.05) is 11.5 Å². The maximum Gasteiger partial charge on any atom is 0.338 e. The van der Waals surface area contributed by atoms with Crippen LogP contribution < -0.4 is 4.90 Å². The van der Waals surface area contributed by atoms with E-state index in [2.05, 4.69) is 53.4 Å². The fraction of sp³-hybridized carbons (Fsp3) is 0.174. The van der Waals surface area contributed by atoms with Crippen molar-refractivity contribution in [3.63, 3.8) is 0 Å². The van der Waals surface area contributed by atoms with E-state index in [-0.39, 0.29) is 5.97 Å². The lowest BCUT2D eigenvalue weighted by Crippen LogP contribution is -2.04. The lowest BCUT2D eigenvalue weighted by molar-refractivity contribution is 0.0526. The van der Waals surface area contributed by atoms with Gasteiger partial charge in [-0.2, -0.15) is 0 Å². The monoisotopic (exact) mass is 343 g/mol. The number of ether oxygens (including phenoxy) is 1. The lowest BCUT2D eigenvalue weighted by atomic mass is 10.0. The van der Waals surface area contributed by atoms with Crippen molar-refractivity contribution < 1.29 is 9.53 Å². The van der Waals surface area contributed by atoms with E-state index in [1.807, 2.05) is 43.3 Å². The van der Waals surface area contributed by atoms with Gasteiger partial charge in [-0.1, -0.05) is 60.7 Å². The molecule has 2 atom stereocenters. The Hall–Kier alpha value is -3.07. The molecule has 0 amide bonds. The van der Waals surface area contributed by atoms with E-state index in [9.17, 15) is 4.79 Å². The summed E-state index contributed by atoms with van der Waals surface area (Å²) >= 11 is 0. The van der Waals surface area contributed by atoms with Gasteiger partial charge in [0.1, 0.15) is 0 Å². The smallest absolute Gasteiger partial charge is 0.338 e. The third kappa shape index (κ3) is 3.08. The van der Waals surface area contributed by atoms with Gasteiger partial charge >= 0.3 is 5.97 Å². The Bertz CT molecular complexity index is 830. The van der Waals surface area contributed by atoms with Crippen LogP contribution in [0.15, 0.2) is 84.9 Å². The molecule has 3 heteroatoms. The van der Waals surface area contributed by atoms with Crippen LogP contribution in [0.2, 0.25) is 0 Å². The quantitative estimate of drug-likeness (QED) is 0.473. The first-order chi connectivity index (χ1) is 12.8. The van der Waals surface area contributed by atoms with E-state index in [0.717, 1.165) is 5.69 Å². The summed E-state index contributed by atoms with van der Waals surface area (Å²) in [6, 6.07) is 29.4. The highest BCUT2D eigenvalue weighted by Crippen LogP contribution is 2.56. The maximum absolute atomic E-state index is 11.9. The minimum atomic E-state index is -0.274. The van der Waals surface area contributed by atoms with E-state index >= 15 is 0 Å². The highest BCUT2D eigenvalue weighted by molar-refractivity contribution is 5.90. The number of carbonyl (C=O) groups is 1. The van der Waals surface area contributed by atoms with Crippen molar-refractivity contribution in [1.29, 1.82) is 0 Å². The molecule has 0 aliphatic carbocycles. The molecule has 0 bridgehead atoms. The number of anilines is 1. The highest BCUT2D eigenvalue weighted by Gasteiger charge is 2.49. The molecule has 1 heterocycles. The van der Waals surface area contributed by atoms with Crippen LogP contribution in [-0.2, 0) is 4.74 Å². The Morgan fingerprint density at radius 1 is 0.808 bits per heavy atom. The molecule has 0 saturated carbocycles. The van der Waals surface area contributed by atoms with Crippen LogP contribution in [0.5, 0.6) is 0 Å². The van der Waals surface area contributed by atoms with Crippen molar-refractivity contribution in [2.24, 2.45) is 0 Å². The fourth-order valence-electron chi connectivity index (χ4n) is 3.52. The molecular weight excluding hydrogens is 322 g/mol. The zero-order valence-electron chi connectivity index (χ0n) is 14.7. The Balaban J connectivity index is 1.64. The summed E-state index contributed by atoms with van der Waals surface area (Å²) in [7, 11) is 0. The predicted molar refractivity (Wildman–Crippen MR) is 103 cm³/mol. The summed E-state index contributed by atoms with van der Waals surface area (Å²) < 4.78 is 5.07. The zero-order valence-corrected chi connectivity index (χ0v) is 14.7. The van der Waals surface area contributed by atoms with Crippen molar-refractivity contribution in [3.05, 3.63) is 102 Å². The van der Waals surface area contributed by atoms with E-state index in [1.54, 1.807) is 0 Å². The number of nitrogens with zero attached hydrogens (tertiary/aromatic N) is 1. The Labute approximate surface area is 153 Å². The van der Waals surface area contributed by atoms with E-state index in [1.165, 1.54) is 11.1 Å². The van der Waals surface area contributed by atoms with Gasteiger partial charge in [-0.15, -0.1) is 0 Å². The molecule has 1 fully saturated rings. The molecule has 26 heavy (non-hydrogen) atoms. The molecule has 0 spiro atoms. The third-order valence-electron chi connectivity index (χ3n) is 4.77. The molecule has 3 aromatic rings. The van der Waals surface area contributed by atoms with Crippen LogP contribution in [0.1, 0.15) is 40.5 Å². The molecule has 4 rings (SSSR count). The average molecular weight is 343 g/mol. The standard InChI is InChI=1S/C23H21NO2/c1-2-26-23(25)19-13-15-20(16-14-19)24-21(17-9-5-3-6-10-17)22(24)18-11-7-4-8-12-18/h3-16,21-22H,2H2,1H3/t21-,22-/m1/s1. The first-order valence-corrected chi connectivity index (χ1v) is 8.95. The molecule has 130 valence electrons. The van der Waals surface area contributed by atoms with Crippen LogP contribution in [0.25, 0.3) is 0 Å². The van der Waals surface area contributed by atoms with Gasteiger partial charge in [-0.05, 0) is 42.3 Å². The van der Waals surface area contributed by atoms with Gasteiger partial charge in [0.2, 0.25) is 0 Å². The first-order valence-electron chi connectivity index (χ1n) is 8.95. The zero-order chi connectivity index (χ0) is 17.9. The summed E-state index contributed by atoms with van der Waals surface area (Å²) in [5.74, 6) is -0.274. The predicted octanol–water partition coefficient (Wildman–Crippen LogP) is 5.17. The van der Waals surface area contributed by atoms with E-state index in [0.29, 0.717) is 24.3 Å². The van der Waals surface area contributed by atoms with Gasteiger partial charge in [0.25, 0.3) is 0 Å². The molecule has 3 aromatic carbocycles. The van der Waals surface area contributed by atoms with E-state index in [4.69, 9.17) is 4.74 Å². The molecular formula is C23H21NO2. The van der Waals surface area contributed by atoms with Gasteiger partial charge in [-0.3, -0.25) is 0 Å². The molecule has 0 aromatic heterocycles. The molecule has 0 N–H and O–H groups in total. The minimum absolute atomic E-state index is 0.274. The van der Waals surface area contributed by atoms with Gasteiger partial charge in [-0.25, -0.2) is 4.79 Å². The Kier molecular flexibility index (Phi) is 4.44. The van der Waals surface area contributed by atoms with Gasteiger partial charge in [0.15, 0.2) is 0 Å². The number of benzene rings is 3. The second-order valence-corrected chi connectivity index (χ2v) is 6.39. The van der Waals surface area contributed by atoms with Crippen LogP contribution in [0, 0.1) is 0 Å². The van der Waals surface area contributed by atoms with Crippen molar-refractivity contribution in [2.45, 2.75) is 19.0 Å². The number of esters is 1. The summed E-state index contributed by atoms with van der Waals surface area (Å²) in [5, 5.41) is 0. The summed E-state index contributed by atoms with van der Waals surface area (Å²) in [4.78, 5) is 14.3. The van der Waals surface area contributed by atoms with E-state index < -0.39 is 0 Å². The van der Waals surface area contributed by atoms with Crippen LogP contribution in [0.4, 0.5) is 5.69 Å². The average Bonchev–Trinajstić information content (AvgIpc) is 3.45. The number of hydrogen-bond acceptors (Lipinski definition) is 3. The van der Waals surface area contributed by atoms with Crippen LogP contribution in [-0.4, -0.2) is 12.6 Å². The molecule has 3 nitrogen and oxygen atoms in total. The summed E-state index contributed by atoms with van der Waals surface area (Å²) in [6.45, 7) is 2.20. The Morgan fingerprint density at radius 3 is 1.77 bits per heavy atom. The second kappa shape index (κ2) is 7.04. The maximum atomic E-state index is 11.9. The van der Waals surface area contributed by atoms with Crippen molar-refractivity contribution >= 4 is 11.7 Å². The summed E-state index contributed by atoms with van der Waals surface area (Å²) in [6.07, 6.45) is 0. The third-order valence-corrected chi connectivity index (χ3v) is 4.77. The topological polar surface area (TPSA) is 29.3 Å². The molecule has 0 unspecified atom stereocenters. The summed E-state index contributed by atoms with van der Waals surface area (Å²) in [5.41, 5.74) is 4.30. The highest BCUT2D eigenvalue weighted by atomic mass is 16.5. The fourth-order valence-corrected chi connectivity index (χ4v) is 3.52. The van der Waals surface area contributed by atoms with Crippen molar-refractivity contribution in [1.82, 2.24) is 0 Å². The normalized spacial score (nSPS) is 18.4. The van der Waals surface area contributed by atoms with Crippen LogP contribution in [0.3, 0.4) is 0 Å². The van der Waals surface area contributed by atoms with Gasteiger partial charge in [0.05, 0.1) is 24.3 Å². The SMILES string of the molecule is CCOC(=O)c1ccc(N2[C@H](c3ccccc3)[C@H]2c2ccccc2)cc1. The van der Waals surface area contributed by atoms with Crippen molar-refractivity contribution in [3.8, 4) is 0 Å². The second-order valence-electron chi connectivity index (χ2n) is 6.39. The number of carbonyl (C=O) groups excluding carboxylic acids is 1. The number of hydrogen-bond donors (Lipinski definition) is 0. The molecule has 1 aliphatic heterocycles. The first kappa shape index (κ1) is 16.4. The van der Waals surface area contributed by atoms with Gasteiger partial charge < -0.3 is 9.64 Å². The minimum Gasteiger partial charge on any atom is -0.462 e. The molecule has 1 saturated heterocycles. The Morgan fingerprint density at radius 2 is 1.31 bits per heavy atom. The lowest BCUT2D eigenvalue weighted by Gasteiger charge is -2.08. The largest absolute Gasteiger partial charge is 0.462 e. The number of rotatable bonds is 5. The van der Waals surface area contributed by atoms with Crippen LogP contribution >= 0.6 is 0 Å².